The summed E-state index contributed by atoms with van der Waals surface area (Å²) in [5.74, 6) is 7.29. The predicted molar refractivity (Wildman–Crippen MR) is 72.4 cm³/mol. The van der Waals surface area contributed by atoms with Gasteiger partial charge in [0.15, 0.2) is 0 Å². The van der Waals surface area contributed by atoms with Crippen molar-refractivity contribution in [1.82, 2.24) is 5.43 Å². The number of thioether (sulfide) groups is 1. The fourth-order valence-corrected chi connectivity index (χ4v) is 2.42. The molecular weight excluding hydrogens is 216 g/mol. The molecule has 2 nitrogen and oxygen atoms in total. The van der Waals surface area contributed by atoms with Gasteiger partial charge in [0, 0.05) is 10.9 Å². The second-order valence-corrected chi connectivity index (χ2v) is 5.37. The molecule has 0 fully saturated rings. The van der Waals surface area contributed by atoms with Crippen molar-refractivity contribution in [1.29, 1.82) is 0 Å². The smallest absolute Gasteiger partial charge is 0.0485 e. The average Bonchev–Trinajstić information content (AvgIpc) is 2.32. The molecule has 0 amide bonds. The van der Waals surface area contributed by atoms with Crippen molar-refractivity contribution < 1.29 is 0 Å². The predicted octanol–water partition coefficient (Wildman–Crippen LogP) is 3.35. The van der Waals surface area contributed by atoms with E-state index < -0.39 is 0 Å². The highest BCUT2D eigenvalue weighted by Gasteiger charge is 2.15. The topological polar surface area (TPSA) is 38.0 Å². The molecule has 0 aliphatic heterocycles. The molecule has 0 radical (unpaired) electrons. The minimum absolute atomic E-state index is 0.255. The van der Waals surface area contributed by atoms with E-state index in [0.29, 0.717) is 5.92 Å². The molecule has 3 heteroatoms. The Kier molecular flexibility index (Phi) is 5.88. The Hall–Kier alpha value is -0.510. The molecule has 0 aromatic heterocycles. The zero-order chi connectivity index (χ0) is 12.0. The molecule has 1 aromatic rings. The van der Waals surface area contributed by atoms with E-state index in [-0.39, 0.29) is 6.04 Å². The van der Waals surface area contributed by atoms with Gasteiger partial charge in [-0.05, 0) is 29.4 Å². The summed E-state index contributed by atoms with van der Waals surface area (Å²) in [7, 11) is 0. The van der Waals surface area contributed by atoms with Gasteiger partial charge in [0.25, 0.3) is 0 Å². The normalized spacial score (nSPS) is 14.8. The van der Waals surface area contributed by atoms with E-state index in [0.717, 1.165) is 12.2 Å². The van der Waals surface area contributed by atoms with Crippen LogP contribution in [0.1, 0.15) is 38.8 Å². The zero-order valence-electron chi connectivity index (χ0n) is 10.4. The van der Waals surface area contributed by atoms with E-state index in [4.69, 9.17) is 5.84 Å². The second-order valence-electron chi connectivity index (χ2n) is 4.03. The second kappa shape index (κ2) is 6.94. The molecule has 3 N–H and O–H groups in total. The molecule has 0 spiro atoms. The molecule has 0 saturated carbocycles. The summed E-state index contributed by atoms with van der Waals surface area (Å²) in [6.45, 7) is 6.58. The van der Waals surface area contributed by atoms with Crippen LogP contribution in [-0.2, 0) is 0 Å². The standard InChI is InChI=1S/C13H22N2S/c1-4-10(3)13(15-14)11-6-8-12(9-7-11)16-5-2/h6-10,13,15H,4-5,14H2,1-3H3. The lowest BCUT2D eigenvalue weighted by molar-refractivity contribution is 0.383. The van der Waals surface area contributed by atoms with Crippen molar-refractivity contribution in [3.05, 3.63) is 29.8 Å². The van der Waals surface area contributed by atoms with Crippen LogP contribution in [0.15, 0.2) is 29.2 Å². The lowest BCUT2D eigenvalue weighted by Gasteiger charge is -2.22. The quantitative estimate of drug-likeness (QED) is 0.453. The fraction of sp³-hybridized carbons (Fsp3) is 0.538. The van der Waals surface area contributed by atoms with Crippen molar-refractivity contribution in [2.45, 2.75) is 38.1 Å². The Balaban J connectivity index is 2.78. The van der Waals surface area contributed by atoms with Crippen LogP contribution in [0.5, 0.6) is 0 Å². The van der Waals surface area contributed by atoms with Gasteiger partial charge < -0.3 is 0 Å². The number of hydrazine groups is 1. The summed E-state index contributed by atoms with van der Waals surface area (Å²) in [5, 5.41) is 0. The van der Waals surface area contributed by atoms with Crippen LogP contribution in [0.25, 0.3) is 0 Å². The first-order valence-electron chi connectivity index (χ1n) is 5.91. The summed E-state index contributed by atoms with van der Waals surface area (Å²) in [6.07, 6.45) is 1.13. The summed E-state index contributed by atoms with van der Waals surface area (Å²) in [4.78, 5) is 1.33. The van der Waals surface area contributed by atoms with Crippen LogP contribution < -0.4 is 11.3 Å². The largest absolute Gasteiger partial charge is 0.271 e. The Bertz CT molecular complexity index is 297. The van der Waals surface area contributed by atoms with Crippen LogP contribution in [0.4, 0.5) is 0 Å². The van der Waals surface area contributed by atoms with Crippen LogP contribution in [0.2, 0.25) is 0 Å². The van der Waals surface area contributed by atoms with E-state index in [9.17, 15) is 0 Å². The first-order valence-corrected chi connectivity index (χ1v) is 6.90. The van der Waals surface area contributed by atoms with Crippen LogP contribution >= 0.6 is 11.8 Å². The van der Waals surface area contributed by atoms with E-state index in [2.05, 4.69) is 50.5 Å². The molecule has 1 rings (SSSR count). The van der Waals surface area contributed by atoms with Crippen molar-refractivity contribution in [2.24, 2.45) is 11.8 Å². The maximum Gasteiger partial charge on any atom is 0.0485 e. The van der Waals surface area contributed by atoms with E-state index in [1.807, 2.05) is 11.8 Å². The number of hydrogen-bond acceptors (Lipinski definition) is 3. The van der Waals surface area contributed by atoms with Crippen molar-refractivity contribution in [3.63, 3.8) is 0 Å². The molecule has 2 unspecified atom stereocenters. The van der Waals surface area contributed by atoms with Gasteiger partial charge in [0.05, 0.1) is 0 Å². The molecule has 0 saturated heterocycles. The maximum absolute atomic E-state index is 5.62. The van der Waals surface area contributed by atoms with Crippen molar-refractivity contribution in [2.75, 3.05) is 5.75 Å². The highest BCUT2D eigenvalue weighted by atomic mass is 32.2. The van der Waals surface area contributed by atoms with Gasteiger partial charge in [0.2, 0.25) is 0 Å². The zero-order valence-corrected chi connectivity index (χ0v) is 11.2. The highest BCUT2D eigenvalue weighted by Crippen LogP contribution is 2.26. The summed E-state index contributed by atoms with van der Waals surface area (Å²) in [6, 6.07) is 8.96. The molecule has 1 aromatic carbocycles. The summed E-state index contributed by atoms with van der Waals surface area (Å²) in [5.41, 5.74) is 4.19. The molecule has 90 valence electrons. The number of benzene rings is 1. The lowest BCUT2D eigenvalue weighted by Crippen LogP contribution is -2.32. The Morgan fingerprint density at radius 3 is 2.31 bits per heavy atom. The van der Waals surface area contributed by atoms with Gasteiger partial charge in [-0.15, -0.1) is 11.8 Å². The molecule has 2 atom stereocenters. The third-order valence-electron chi connectivity index (χ3n) is 2.94. The van der Waals surface area contributed by atoms with Gasteiger partial charge >= 0.3 is 0 Å². The monoisotopic (exact) mass is 238 g/mol. The number of nitrogens with one attached hydrogen (secondary N) is 1. The molecule has 0 aliphatic rings. The van der Waals surface area contributed by atoms with Gasteiger partial charge in [-0.2, -0.15) is 0 Å². The Morgan fingerprint density at radius 2 is 1.88 bits per heavy atom. The van der Waals surface area contributed by atoms with Crippen LogP contribution in [0, 0.1) is 5.92 Å². The van der Waals surface area contributed by atoms with E-state index in [1.165, 1.54) is 10.5 Å². The fourth-order valence-electron chi connectivity index (χ4n) is 1.76. The third-order valence-corrected chi connectivity index (χ3v) is 3.84. The van der Waals surface area contributed by atoms with Crippen LogP contribution in [0.3, 0.4) is 0 Å². The molecule has 0 bridgehead atoms. The Labute approximate surface area is 103 Å². The number of rotatable bonds is 6. The lowest BCUT2D eigenvalue weighted by atomic mass is 9.93. The maximum atomic E-state index is 5.62. The van der Waals surface area contributed by atoms with E-state index >= 15 is 0 Å². The Morgan fingerprint density at radius 1 is 1.25 bits per heavy atom. The number of nitrogens with two attached hydrogens (primary N) is 1. The first kappa shape index (κ1) is 13.6. The van der Waals surface area contributed by atoms with Crippen molar-refractivity contribution in [3.8, 4) is 0 Å². The van der Waals surface area contributed by atoms with Gasteiger partial charge in [-0.3, -0.25) is 11.3 Å². The van der Waals surface area contributed by atoms with Crippen LogP contribution in [-0.4, -0.2) is 5.75 Å². The van der Waals surface area contributed by atoms with E-state index in [1.54, 1.807) is 0 Å². The molecule has 0 aliphatic carbocycles. The highest BCUT2D eigenvalue weighted by molar-refractivity contribution is 7.99. The summed E-state index contributed by atoms with van der Waals surface area (Å²) < 4.78 is 0. The van der Waals surface area contributed by atoms with Crippen molar-refractivity contribution >= 4 is 11.8 Å². The minimum Gasteiger partial charge on any atom is -0.271 e. The summed E-state index contributed by atoms with van der Waals surface area (Å²) >= 11 is 1.87. The third kappa shape index (κ3) is 3.51. The SMILES string of the molecule is CCSc1ccc(C(NN)C(C)CC)cc1. The number of hydrogen-bond donors (Lipinski definition) is 2. The average molecular weight is 238 g/mol. The molecular formula is C13H22N2S. The van der Waals surface area contributed by atoms with Gasteiger partial charge in [-0.25, -0.2) is 0 Å². The van der Waals surface area contributed by atoms with Gasteiger partial charge in [-0.1, -0.05) is 39.3 Å². The molecule has 16 heavy (non-hydrogen) atoms. The van der Waals surface area contributed by atoms with Gasteiger partial charge in [0.1, 0.15) is 0 Å². The minimum atomic E-state index is 0.255. The first-order chi connectivity index (χ1) is 7.72. The molecule has 0 heterocycles.